The quantitative estimate of drug-likeness (QED) is 0.229. The van der Waals surface area contributed by atoms with E-state index >= 15 is 0 Å². The number of nitrogens with one attached hydrogen (secondary N) is 1. The van der Waals surface area contributed by atoms with E-state index in [4.69, 9.17) is 39.5 Å². The Morgan fingerprint density at radius 2 is 1.69 bits per heavy atom. The molecule has 1 heterocycles. The van der Waals surface area contributed by atoms with E-state index in [1.54, 1.807) is 42.5 Å². The molecule has 1 aliphatic rings. The van der Waals surface area contributed by atoms with Gasteiger partial charge in [-0.25, -0.2) is 9.69 Å². The van der Waals surface area contributed by atoms with Crippen molar-refractivity contribution in [2.75, 3.05) is 4.90 Å². The highest BCUT2D eigenvalue weighted by Gasteiger charge is 2.37. The SMILES string of the molecule is O=C1NC(=O)N(c2ccccc2Cl)C(=O)/C1=C/c1cc(Br)cc(Br)c1OCc1ccc(Cl)cc1Cl. The molecule has 35 heavy (non-hydrogen) atoms. The van der Waals surface area contributed by atoms with E-state index in [1.165, 1.54) is 18.2 Å². The molecule has 0 aliphatic carbocycles. The molecule has 0 bridgehead atoms. The second kappa shape index (κ2) is 10.7. The summed E-state index contributed by atoms with van der Waals surface area (Å²) in [6.45, 7) is 0.0940. The van der Waals surface area contributed by atoms with E-state index < -0.39 is 17.8 Å². The van der Waals surface area contributed by atoms with E-state index in [2.05, 4.69) is 37.2 Å². The Labute approximate surface area is 232 Å². The first kappa shape index (κ1) is 25.7. The summed E-state index contributed by atoms with van der Waals surface area (Å²) in [6, 6.07) is 13.9. The van der Waals surface area contributed by atoms with Crippen molar-refractivity contribution in [2.45, 2.75) is 6.61 Å². The Bertz CT molecular complexity index is 1410. The number of imide groups is 2. The molecule has 11 heteroatoms. The number of nitrogens with zero attached hydrogens (tertiary/aromatic N) is 1. The van der Waals surface area contributed by atoms with Gasteiger partial charge in [0.25, 0.3) is 11.8 Å². The zero-order chi connectivity index (χ0) is 25.3. The summed E-state index contributed by atoms with van der Waals surface area (Å²) in [5.41, 5.74) is 0.970. The van der Waals surface area contributed by atoms with Gasteiger partial charge in [-0.1, -0.05) is 68.9 Å². The zero-order valence-corrected chi connectivity index (χ0v) is 22.9. The number of hydrogen-bond acceptors (Lipinski definition) is 4. The first-order chi connectivity index (χ1) is 16.7. The number of halogens is 5. The summed E-state index contributed by atoms with van der Waals surface area (Å²) >= 11 is 25.3. The number of ether oxygens (including phenoxy) is 1. The van der Waals surface area contributed by atoms with Crippen LogP contribution in [-0.2, 0) is 16.2 Å². The summed E-state index contributed by atoms with van der Waals surface area (Å²) in [5, 5.41) is 3.29. The minimum Gasteiger partial charge on any atom is -0.487 e. The smallest absolute Gasteiger partial charge is 0.335 e. The van der Waals surface area contributed by atoms with Gasteiger partial charge >= 0.3 is 6.03 Å². The highest BCUT2D eigenvalue weighted by molar-refractivity contribution is 9.11. The Kier molecular flexibility index (Phi) is 7.88. The van der Waals surface area contributed by atoms with Crippen LogP contribution in [0.1, 0.15) is 11.1 Å². The van der Waals surface area contributed by atoms with Gasteiger partial charge in [-0.3, -0.25) is 14.9 Å². The molecule has 4 amide bonds. The third-order valence-electron chi connectivity index (χ3n) is 4.92. The molecule has 0 aromatic heterocycles. The van der Waals surface area contributed by atoms with Crippen LogP contribution >= 0.6 is 66.7 Å². The van der Waals surface area contributed by atoms with Crippen molar-refractivity contribution in [3.63, 3.8) is 0 Å². The lowest BCUT2D eigenvalue weighted by Gasteiger charge is -2.27. The molecule has 3 aromatic carbocycles. The number of carbonyl (C=O) groups is 3. The molecular formula is C24H13Br2Cl3N2O4. The van der Waals surface area contributed by atoms with Crippen molar-refractivity contribution in [3.05, 3.63) is 95.3 Å². The molecule has 3 aromatic rings. The van der Waals surface area contributed by atoms with E-state index in [-0.39, 0.29) is 22.9 Å². The molecule has 0 spiro atoms. The first-order valence-electron chi connectivity index (χ1n) is 9.87. The van der Waals surface area contributed by atoms with E-state index in [0.717, 1.165) is 4.90 Å². The molecule has 1 aliphatic heterocycles. The lowest BCUT2D eigenvalue weighted by Crippen LogP contribution is -2.54. The van der Waals surface area contributed by atoms with Crippen molar-refractivity contribution in [1.82, 2.24) is 5.32 Å². The maximum atomic E-state index is 13.3. The third kappa shape index (κ3) is 5.57. The molecule has 1 saturated heterocycles. The fourth-order valence-corrected chi connectivity index (χ4v) is 5.35. The summed E-state index contributed by atoms with van der Waals surface area (Å²) in [6.07, 6.45) is 1.35. The maximum Gasteiger partial charge on any atom is 0.335 e. The molecule has 6 nitrogen and oxygen atoms in total. The van der Waals surface area contributed by atoms with Crippen LogP contribution in [0.15, 0.2) is 69.1 Å². The Morgan fingerprint density at radius 3 is 2.40 bits per heavy atom. The average molecular weight is 660 g/mol. The average Bonchev–Trinajstić information content (AvgIpc) is 2.78. The minimum atomic E-state index is -0.894. The number of amides is 4. The van der Waals surface area contributed by atoms with Crippen LogP contribution in [0.5, 0.6) is 5.75 Å². The molecule has 0 atom stereocenters. The van der Waals surface area contributed by atoms with Crippen LogP contribution in [0, 0.1) is 0 Å². The topological polar surface area (TPSA) is 75.7 Å². The van der Waals surface area contributed by atoms with E-state index in [1.807, 2.05) is 0 Å². The molecule has 1 fully saturated rings. The van der Waals surface area contributed by atoms with Crippen molar-refractivity contribution in [3.8, 4) is 5.75 Å². The van der Waals surface area contributed by atoms with Gasteiger partial charge in [0.1, 0.15) is 17.9 Å². The van der Waals surface area contributed by atoms with Gasteiger partial charge < -0.3 is 4.74 Å². The van der Waals surface area contributed by atoms with E-state index in [9.17, 15) is 14.4 Å². The molecule has 0 saturated carbocycles. The van der Waals surface area contributed by atoms with Gasteiger partial charge in [0.2, 0.25) is 0 Å². The fraction of sp³-hybridized carbons (Fsp3) is 0.0417. The number of barbiturate groups is 1. The van der Waals surface area contributed by atoms with E-state index in [0.29, 0.717) is 35.9 Å². The lowest BCUT2D eigenvalue weighted by molar-refractivity contribution is -0.122. The van der Waals surface area contributed by atoms with Crippen LogP contribution in [0.3, 0.4) is 0 Å². The highest BCUT2D eigenvalue weighted by atomic mass is 79.9. The van der Waals surface area contributed by atoms with Gasteiger partial charge in [-0.05, 0) is 58.4 Å². The Hall–Kier alpha value is -2.36. The fourth-order valence-electron chi connectivity index (χ4n) is 3.29. The Balaban J connectivity index is 1.73. The van der Waals surface area contributed by atoms with Crippen molar-refractivity contribution < 1.29 is 19.1 Å². The van der Waals surface area contributed by atoms with Crippen LogP contribution in [0.25, 0.3) is 6.08 Å². The maximum absolute atomic E-state index is 13.3. The monoisotopic (exact) mass is 656 g/mol. The normalized spacial score (nSPS) is 14.9. The lowest BCUT2D eigenvalue weighted by atomic mass is 10.1. The van der Waals surface area contributed by atoms with Crippen LogP contribution in [0.4, 0.5) is 10.5 Å². The van der Waals surface area contributed by atoms with Gasteiger partial charge in [0.15, 0.2) is 0 Å². The molecular weight excluding hydrogens is 646 g/mol. The largest absolute Gasteiger partial charge is 0.487 e. The predicted octanol–water partition coefficient (Wildman–Crippen LogP) is 7.42. The second-order valence-electron chi connectivity index (χ2n) is 7.24. The highest BCUT2D eigenvalue weighted by Crippen LogP contribution is 2.36. The molecule has 1 N–H and O–H groups in total. The van der Waals surface area contributed by atoms with Crippen molar-refractivity contribution in [2.24, 2.45) is 0 Å². The third-order valence-corrected chi connectivity index (χ3v) is 6.87. The van der Waals surface area contributed by atoms with Crippen LogP contribution in [0.2, 0.25) is 15.1 Å². The zero-order valence-electron chi connectivity index (χ0n) is 17.5. The number of urea groups is 1. The number of hydrogen-bond donors (Lipinski definition) is 1. The molecule has 178 valence electrons. The second-order valence-corrected chi connectivity index (χ2v) is 10.3. The number of rotatable bonds is 5. The first-order valence-corrected chi connectivity index (χ1v) is 12.6. The number of para-hydroxylation sites is 1. The van der Waals surface area contributed by atoms with Gasteiger partial charge in [0.05, 0.1) is 15.2 Å². The predicted molar refractivity (Wildman–Crippen MR) is 143 cm³/mol. The standard InChI is InChI=1S/C24H13Br2Cl3N2O4/c25-14-7-13(21(17(26)9-14)35-11-12-5-6-15(27)10-19(12)29)8-16-22(32)30-24(34)31(23(16)33)20-4-2-1-3-18(20)28/h1-10H,11H2,(H,30,32,34)/b16-8+. The van der Waals surface area contributed by atoms with Crippen molar-refractivity contribution >= 4 is 96.3 Å². The van der Waals surface area contributed by atoms with Gasteiger partial charge in [0, 0.05) is 25.6 Å². The molecule has 4 rings (SSSR count). The summed E-state index contributed by atoms with van der Waals surface area (Å²) < 4.78 is 7.23. The van der Waals surface area contributed by atoms with Crippen molar-refractivity contribution in [1.29, 1.82) is 0 Å². The van der Waals surface area contributed by atoms with Gasteiger partial charge in [-0.15, -0.1) is 0 Å². The molecule has 0 unspecified atom stereocenters. The minimum absolute atomic E-state index is 0.0940. The van der Waals surface area contributed by atoms with Gasteiger partial charge in [-0.2, -0.15) is 0 Å². The summed E-state index contributed by atoms with van der Waals surface area (Å²) in [4.78, 5) is 39.2. The molecule has 0 radical (unpaired) electrons. The Morgan fingerprint density at radius 1 is 0.943 bits per heavy atom. The number of benzene rings is 3. The van der Waals surface area contributed by atoms with Crippen LogP contribution < -0.4 is 15.0 Å². The van der Waals surface area contributed by atoms with Crippen LogP contribution in [-0.4, -0.2) is 17.8 Å². The summed E-state index contributed by atoms with van der Waals surface area (Å²) in [5.74, 6) is -1.31. The number of carbonyl (C=O) groups excluding carboxylic acids is 3. The number of anilines is 1. The summed E-state index contributed by atoms with van der Waals surface area (Å²) in [7, 11) is 0.